The van der Waals surface area contributed by atoms with Crippen LogP contribution in [0.15, 0.2) is 12.1 Å². The van der Waals surface area contributed by atoms with Crippen molar-refractivity contribution in [3.63, 3.8) is 0 Å². The fourth-order valence-electron chi connectivity index (χ4n) is 0.966. The maximum atomic E-state index is 12.6. The summed E-state index contributed by atoms with van der Waals surface area (Å²) < 4.78 is 98.1. The van der Waals surface area contributed by atoms with Gasteiger partial charge in [0.1, 0.15) is 0 Å². The number of benzene rings is 1. The molecule has 0 bridgehead atoms. The highest BCUT2D eigenvalue weighted by Gasteiger charge is 2.63. The minimum atomic E-state index is -6.17. The van der Waals surface area contributed by atoms with Crippen LogP contribution in [0.25, 0.3) is 0 Å². The molecule has 0 saturated carbocycles. The van der Waals surface area contributed by atoms with E-state index >= 15 is 0 Å². The highest BCUT2D eigenvalue weighted by molar-refractivity contribution is 5.96. The summed E-state index contributed by atoms with van der Waals surface area (Å²) in [6.07, 6.45) is -6.17. The number of carbonyl (C=O) groups excluding carboxylic acids is 1. The van der Waals surface area contributed by atoms with Crippen LogP contribution in [0.5, 0.6) is 0 Å². The molecule has 2 nitrogen and oxygen atoms in total. The Hall–Kier alpha value is -1.87. The lowest BCUT2D eigenvalue weighted by Crippen LogP contribution is -2.47. The summed E-state index contributed by atoms with van der Waals surface area (Å²) in [4.78, 5) is 10.7. The Balaban J connectivity index is 3.02. The number of anilines is 1. The largest absolute Gasteiger partial charge is 0.463 e. The summed E-state index contributed by atoms with van der Waals surface area (Å²) in [5.74, 6) is -14.3. The molecule has 106 valence electrons. The van der Waals surface area contributed by atoms with E-state index in [1.165, 1.54) is 0 Å². The van der Waals surface area contributed by atoms with Crippen molar-refractivity contribution in [1.82, 2.24) is 0 Å². The van der Waals surface area contributed by atoms with E-state index in [4.69, 9.17) is 0 Å². The molecule has 0 aliphatic heterocycles. The number of hydrogen-bond donors (Lipinski definition) is 1. The van der Waals surface area contributed by atoms with Crippen molar-refractivity contribution < 1.29 is 39.9 Å². The molecule has 0 aliphatic rings. The second-order valence-electron chi connectivity index (χ2n) is 3.28. The normalized spacial score (nSPS) is 12.4. The maximum Gasteiger partial charge on any atom is 0.463 e. The zero-order valence-electron chi connectivity index (χ0n) is 8.59. The molecule has 1 rings (SSSR count). The number of carbonyl (C=O) groups is 1. The zero-order chi connectivity index (χ0) is 15.0. The minimum Gasteiger partial charge on any atom is -0.320 e. The molecule has 1 aromatic carbocycles. The van der Waals surface area contributed by atoms with Crippen LogP contribution >= 0.6 is 0 Å². The number of alkyl halides is 5. The molecule has 0 heterocycles. The molecule has 19 heavy (non-hydrogen) atoms. The minimum absolute atomic E-state index is 0.0583. The van der Waals surface area contributed by atoms with Gasteiger partial charge in [-0.1, -0.05) is 0 Å². The van der Waals surface area contributed by atoms with Crippen LogP contribution in [0.2, 0.25) is 0 Å². The van der Waals surface area contributed by atoms with E-state index in [1.54, 1.807) is 0 Å². The van der Waals surface area contributed by atoms with E-state index in [0.29, 0.717) is 0 Å². The maximum absolute atomic E-state index is 12.6. The molecule has 0 radical (unpaired) electrons. The van der Waals surface area contributed by atoms with Gasteiger partial charge in [0.05, 0.1) is 0 Å². The van der Waals surface area contributed by atoms with Gasteiger partial charge in [-0.05, 0) is 0 Å². The molecule has 10 heteroatoms. The molecular weight excluding hydrogens is 290 g/mol. The van der Waals surface area contributed by atoms with Crippen molar-refractivity contribution in [3.8, 4) is 0 Å². The number of halogens is 8. The molecular formula is C9H3F8NO. The molecule has 0 unspecified atom stereocenters. The average molecular weight is 293 g/mol. The topological polar surface area (TPSA) is 29.1 Å². The van der Waals surface area contributed by atoms with Crippen LogP contribution in [0.3, 0.4) is 0 Å². The van der Waals surface area contributed by atoms with E-state index < -0.39 is 41.1 Å². The van der Waals surface area contributed by atoms with E-state index in [2.05, 4.69) is 0 Å². The van der Waals surface area contributed by atoms with Gasteiger partial charge in [0.2, 0.25) is 0 Å². The first kappa shape index (κ1) is 15.2. The van der Waals surface area contributed by atoms with E-state index in [0.717, 1.165) is 5.32 Å². The Kier molecular flexibility index (Phi) is 3.73. The molecule has 1 N–H and O–H groups in total. The molecule has 0 aliphatic carbocycles. The molecule has 0 fully saturated rings. The second-order valence-corrected chi connectivity index (χ2v) is 3.28. The Bertz CT molecular complexity index is 486. The summed E-state index contributed by atoms with van der Waals surface area (Å²) in [5, 5.41) is 0.942. The van der Waals surface area contributed by atoms with Crippen LogP contribution in [0.4, 0.5) is 40.8 Å². The SMILES string of the molecule is O=C(Nc1cc(F)c(F)c(F)c1)C(F)(F)C(F)(F)F. The van der Waals surface area contributed by atoms with Gasteiger partial charge in [-0.25, -0.2) is 13.2 Å². The van der Waals surface area contributed by atoms with Crippen molar-refractivity contribution in [3.05, 3.63) is 29.6 Å². The van der Waals surface area contributed by atoms with Gasteiger partial charge >= 0.3 is 18.0 Å². The van der Waals surface area contributed by atoms with Crippen LogP contribution in [-0.4, -0.2) is 18.0 Å². The van der Waals surface area contributed by atoms with Gasteiger partial charge in [0, 0.05) is 17.8 Å². The quantitative estimate of drug-likeness (QED) is 0.658. The van der Waals surface area contributed by atoms with Crippen molar-refractivity contribution in [2.45, 2.75) is 12.1 Å². The van der Waals surface area contributed by atoms with Crippen molar-refractivity contribution in [2.24, 2.45) is 0 Å². The highest BCUT2D eigenvalue weighted by Crippen LogP contribution is 2.36. The van der Waals surface area contributed by atoms with E-state index in [9.17, 15) is 39.9 Å². The highest BCUT2D eigenvalue weighted by atomic mass is 19.4. The van der Waals surface area contributed by atoms with Crippen LogP contribution < -0.4 is 5.32 Å². The Morgan fingerprint density at radius 2 is 1.37 bits per heavy atom. The monoisotopic (exact) mass is 293 g/mol. The molecule has 0 saturated heterocycles. The van der Waals surface area contributed by atoms with Gasteiger partial charge in [0.15, 0.2) is 17.5 Å². The first-order valence-corrected chi connectivity index (χ1v) is 4.37. The van der Waals surface area contributed by atoms with Crippen molar-refractivity contribution in [2.75, 3.05) is 5.32 Å². The van der Waals surface area contributed by atoms with E-state index in [1.807, 2.05) is 0 Å². The van der Waals surface area contributed by atoms with Crippen LogP contribution in [-0.2, 0) is 4.79 Å². The molecule has 0 spiro atoms. The summed E-state index contributed by atoms with van der Waals surface area (Å²) in [6.45, 7) is 0. The third kappa shape index (κ3) is 2.93. The predicted molar refractivity (Wildman–Crippen MR) is 45.9 cm³/mol. The van der Waals surface area contributed by atoms with Gasteiger partial charge in [-0.3, -0.25) is 4.79 Å². The lowest BCUT2D eigenvalue weighted by molar-refractivity contribution is -0.267. The third-order valence-corrected chi connectivity index (χ3v) is 1.88. The van der Waals surface area contributed by atoms with Crippen LogP contribution in [0.1, 0.15) is 0 Å². The van der Waals surface area contributed by atoms with E-state index in [-0.39, 0.29) is 12.1 Å². The van der Waals surface area contributed by atoms with Crippen molar-refractivity contribution in [1.29, 1.82) is 0 Å². The fourth-order valence-corrected chi connectivity index (χ4v) is 0.966. The van der Waals surface area contributed by atoms with Gasteiger partial charge in [-0.15, -0.1) is 0 Å². The third-order valence-electron chi connectivity index (χ3n) is 1.88. The van der Waals surface area contributed by atoms with Gasteiger partial charge in [-0.2, -0.15) is 22.0 Å². The first-order valence-electron chi connectivity index (χ1n) is 4.37. The summed E-state index contributed by atoms with van der Waals surface area (Å²) in [5.41, 5.74) is -1.08. The zero-order valence-corrected chi connectivity index (χ0v) is 8.59. The summed E-state index contributed by atoms with van der Waals surface area (Å²) in [6, 6.07) is 0.117. The number of hydrogen-bond acceptors (Lipinski definition) is 1. The number of amides is 1. The fraction of sp³-hybridized carbons (Fsp3) is 0.222. The first-order chi connectivity index (χ1) is 8.46. The Morgan fingerprint density at radius 1 is 0.947 bits per heavy atom. The molecule has 1 amide bonds. The molecule has 0 atom stereocenters. The summed E-state index contributed by atoms with van der Waals surface area (Å²) in [7, 11) is 0. The Morgan fingerprint density at radius 3 is 1.74 bits per heavy atom. The average Bonchev–Trinajstić information content (AvgIpc) is 2.24. The smallest absolute Gasteiger partial charge is 0.320 e. The van der Waals surface area contributed by atoms with Crippen LogP contribution in [0, 0.1) is 17.5 Å². The number of rotatable bonds is 2. The number of nitrogens with one attached hydrogen (secondary N) is 1. The van der Waals surface area contributed by atoms with Gasteiger partial charge in [0.25, 0.3) is 0 Å². The molecule has 1 aromatic rings. The molecule has 0 aromatic heterocycles. The standard InChI is InChI=1S/C9H3F8NO/c10-4-1-3(2-5(11)6(4)12)18-7(19)8(13,14)9(15,16)17/h1-2H,(H,18,19). The summed E-state index contributed by atoms with van der Waals surface area (Å²) >= 11 is 0. The predicted octanol–water partition coefficient (Wildman–Crippen LogP) is 3.24. The van der Waals surface area contributed by atoms with Gasteiger partial charge < -0.3 is 5.32 Å². The lowest BCUT2D eigenvalue weighted by Gasteiger charge is -2.18. The Labute approximate surface area is 99.6 Å². The lowest BCUT2D eigenvalue weighted by atomic mass is 10.2. The second kappa shape index (κ2) is 4.67. The van der Waals surface area contributed by atoms with Crippen molar-refractivity contribution >= 4 is 11.6 Å².